The lowest BCUT2D eigenvalue weighted by molar-refractivity contribution is -0.121. The fourth-order valence-corrected chi connectivity index (χ4v) is 1.71. The number of rotatable bonds is 3. The smallest absolute Gasteiger partial charge is 0.220 e. The molecule has 2 heteroatoms. The molecule has 1 amide bonds. The van der Waals surface area contributed by atoms with Crippen molar-refractivity contribution in [3.8, 4) is 0 Å². The molecule has 0 aromatic carbocycles. The molecule has 1 rings (SSSR count). The first-order chi connectivity index (χ1) is 5.83. The van der Waals surface area contributed by atoms with E-state index in [2.05, 4.69) is 12.2 Å². The van der Waals surface area contributed by atoms with Crippen LogP contribution in [0.15, 0.2) is 0 Å². The van der Waals surface area contributed by atoms with Gasteiger partial charge in [-0.05, 0) is 19.3 Å². The third kappa shape index (κ3) is 3.24. The van der Waals surface area contributed by atoms with Crippen molar-refractivity contribution in [2.24, 2.45) is 0 Å². The van der Waals surface area contributed by atoms with E-state index < -0.39 is 0 Å². The summed E-state index contributed by atoms with van der Waals surface area (Å²) in [6.45, 7) is 3.66. The van der Waals surface area contributed by atoms with E-state index in [4.69, 9.17) is 0 Å². The second kappa shape index (κ2) is 5.18. The SMILES string of the molecule is [CH2]CCC(=O)NC1CCCCC1. The summed E-state index contributed by atoms with van der Waals surface area (Å²) in [6, 6.07) is 0.456. The van der Waals surface area contributed by atoms with Crippen LogP contribution in [0.5, 0.6) is 0 Å². The molecule has 1 N–H and O–H groups in total. The summed E-state index contributed by atoms with van der Waals surface area (Å²) in [6.07, 6.45) is 7.51. The molecule has 0 aromatic heterocycles. The van der Waals surface area contributed by atoms with Crippen LogP contribution in [0.1, 0.15) is 44.9 Å². The highest BCUT2D eigenvalue weighted by molar-refractivity contribution is 5.76. The number of hydrogen-bond donors (Lipinski definition) is 1. The number of nitrogens with one attached hydrogen (secondary N) is 1. The van der Waals surface area contributed by atoms with E-state index in [1.165, 1.54) is 32.1 Å². The van der Waals surface area contributed by atoms with E-state index in [-0.39, 0.29) is 5.91 Å². The molecule has 12 heavy (non-hydrogen) atoms. The van der Waals surface area contributed by atoms with E-state index in [1.54, 1.807) is 0 Å². The molecule has 2 nitrogen and oxygen atoms in total. The Labute approximate surface area is 74.7 Å². The zero-order chi connectivity index (χ0) is 8.81. The quantitative estimate of drug-likeness (QED) is 0.686. The van der Waals surface area contributed by atoms with Crippen molar-refractivity contribution in [3.63, 3.8) is 0 Å². The summed E-state index contributed by atoms with van der Waals surface area (Å²) in [5, 5.41) is 3.04. The molecule has 1 aliphatic rings. The summed E-state index contributed by atoms with van der Waals surface area (Å²) >= 11 is 0. The van der Waals surface area contributed by atoms with Crippen molar-refractivity contribution in [2.75, 3.05) is 0 Å². The Hall–Kier alpha value is -0.530. The molecule has 0 atom stereocenters. The van der Waals surface area contributed by atoms with Gasteiger partial charge in [-0.2, -0.15) is 0 Å². The highest BCUT2D eigenvalue weighted by Gasteiger charge is 2.14. The topological polar surface area (TPSA) is 29.1 Å². The molecule has 1 fully saturated rings. The van der Waals surface area contributed by atoms with Gasteiger partial charge in [0, 0.05) is 12.5 Å². The van der Waals surface area contributed by atoms with Gasteiger partial charge >= 0.3 is 0 Å². The van der Waals surface area contributed by atoms with Crippen LogP contribution in [0.4, 0.5) is 0 Å². The van der Waals surface area contributed by atoms with E-state index >= 15 is 0 Å². The molecule has 0 heterocycles. The lowest BCUT2D eigenvalue weighted by Gasteiger charge is -2.22. The lowest BCUT2D eigenvalue weighted by atomic mass is 9.95. The van der Waals surface area contributed by atoms with E-state index in [9.17, 15) is 4.79 Å². The average Bonchev–Trinajstić information content (AvgIpc) is 2.06. The molecule has 1 aliphatic carbocycles. The third-order valence-corrected chi connectivity index (χ3v) is 2.37. The predicted octanol–water partition coefficient (Wildman–Crippen LogP) is 2.05. The fourth-order valence-electron chi connectivity index (χ4n) is 1.71. The first kappa shape index (κ1) is 9.56. The fraction of sp³-hybridized carbons (Fsp3) is 0.800. The molecular formula is C10H18NO. The van der Waals surface area contributed by atoms with Crippen LogP contribution in [0.3, 0.4) is 0 Å². The van der Waals surface area contributed by atoms with Crippen LogP contribution in [-0.2, 0) is 4.79 Å². The van der Waals surface area contributed by atoms with Gasteiger partial charge in [-0.3, -0.25) is 4.79 Å². The van der Waals surface area contributed by atoms with Gasteiger partial charge in [0.15, 0.2) is 0 Å². The van der Waals surface area contributed by atoms with Crippen LogP contribution in [0, 0.1) is 6.92 Å². The molecule has 69 valence electrons. The van der Waals surface area contributed by atoms with Gasteiger partial charge in [-0.25, -0.2) is 0 Å². The van der Waals surface area contributed by atoms with Gasteiger partial charge in [0.1, 0.15) is 0 Å². The molecular weight excluding hydrogens is 150 g/mol. The average molecular weight is 168 g/mol. The van der Waals surface area contributed by atoms with Crippen molar-refractivity contribution in [3.05, 3.63) is 6.92 Å². The minimum atomic E-state index is 0.178. The maximum absolute atomic E-state index is 11.2. The minimum absolute atomic E-state index is 0.178. The second-order valence-corrected chi connectivity index (χ2v) is 3.51. The zero-order valence-electron chi connectivity index (χ0n) is 7.64. The van der Waals surface area contributed by atoms with E-state index in [0.717, 1.165) is 0 Å². The molecule has 0 spiro atoms. The third-order valence-electron chi connectivity index (χ3n) is 2.37. The molecule has 0 bridgehead atoms. The number of carbonyl (C=O) groups is 1. The Kier molecular flexibility index (Phi) is 4.12. The standard InChI is InChI=1S/C10H18NO/c1-2-6-10(12)11-9-7-4-3-5-8-9/h9H,1-8H2,(H,11,12). The number of carbonyl (C=O) groups excluding carboxylic acids is 1. The molecule has 1 radical (unpaired) electrons. The molecule has 0 unspecified atom stereocenters. The van der Waals surface area contributed by atoms with Crippen molar-refractivity contribution in [2.45, 2.75) is 51.0 Å². The lowest BCUT2D eigenvalue weighted by Crippen LogP contribution is -2.35. The van der Waals surface area contributed by atoms with Crippen LogP contribution in [-0.4, -0.2) is 11.9 Å². The maximum Gasteiger partial charge on any atom is 0.220 e. The maximum atomic E-state index is 11.2. The highest BCUT2D eigenvalue weighted by atomic mass is 16.1. The number of amides is 1. The minimum Gasteiger partial charge on any atom is -0.353 e. The largest absolute Gasteiger partial charge is 0.353 e. The van der Waals surface area contributed by atoms with Gasteiger partial charge in [-0.1, -0.05) is 26.2 Å². The van der Waals surface area contributed by atoms with E-state index in [0.29, 0.717) is 18.9 Å². The van der Waals surface area contributed by atoms with Crippen molar-refractivity contribution in [1.82, 2.24) is 5.32 Å². The highest BCUT2D eigenvalue weighted by Crippen LogP contribution is 2.17. The molecule has 0 saturated heterocycles. The number of hydrogen-bond acceptors (Lipinski definition) is 1. The summed E-state index contributed by atoms with van der Waals surface area (Å²) in [4.78, 5) is 11.2. The van der Waals surface area contributed by atoms with Crippen LogP contribution < -0.4 is 5.32 Å². The van der Waals surface area contributed by atoms with Crippen LogP contribution in [0.2, 0.25) is 0 Å². The summed E-state index contributed by atoms with van der Waals surface area (Å²) in [5.74, 6) is 0.178. The van der Waals surface area contributed by atoms with Crippen molar-refractivity contribution in [1.29, 1.82) is 0 Å². The molecule has 0 aliphatic heterocycles. The second-order valence-electron chi connectivity index (χ2n) is 3.51. The Balaban J connectivity index is 2.15. The summed E-state index contributed by atoms with van der Waals surface area (Å²) in [7, 11) is 0. The Bertz CT molecular complexity index is 139. The normalized spacial score (nSPS) is 19.1. The Morgan fingerprint density at radius 1 is 1.33 bits per heavy atom. The molecule has 0 aromatic rings. The Morgan fingerprint density at radius 3 is 2.58 bits per heavy atom. The van der Waals surface area contributed by atoms with Crippen LogP contribution >= 0.6 is 0 Å². The summed E-state index contributed by atoms with van der Waals surface area (Å²) < 4.78 is 0. The van der Waals surface area contributed by atoms with Gasteiger partial charge in [0.2, 0.25) is 5.91 Å². The first-order valence-electron chi connectivity index (χ1n) is 4.91. The first-order valence-corrected chi connectivity index (χ1v) is 4.91. The van der Waals surface area contributed by atoms with E-state index in [1.807, 2.05) is 0 Å². The predicted molar refractivity (Wildman–Crippen MR) is 49.6 cm³/mol. The monoisotopic (exact) mass is 168 g/mol. The van der Waals surface area contributed by atoms with Crippen LogP contribution in [0.25, 0.3) is 0 Å². The van der Waals surface area contributed by atoms with Gasteiger partial charge in [-0.15, -0.1) is 0 Å². The molecule has 1 saturated carbocycles. The van der Waals surface area contributed by atoms with Gasteiger partial charge in [0.05, 0.1) is 0 Å². The Morgan fingerprint density at radius 2 is 2.00 bits per heavy atom. The van der Waals surface area contributed by atoms with Crippen molar-refractivity contribution < 1.29 is 4.79 Å². The zero-order valence-corrected chi connectivity index (χ0v) is 7.64. The summed E-state index contributed by atoms with van der Waals surface area (Å²) in [5.41, 5.74) is 0. The van der Waals surface area contributed by atoms with Crippen molar-refractivity contribution >= 4 is 5.91 Å². The van der Waals surface area contributed by atoms with Gasteiger partial charge < -0.3 is 5.32 Å². The van der Waals surface area contributed by atoms with Gasteiger partial charge in [0.25, 0.3) is 0 Å².